The van der Waals surface area contributed by atoms with Crippen molar-refractivity contribution in [3.63, 3.8) is 0 Å². The number of carbonyl (C=O) groups is 1. The molecule has 6 atom stereocenters. The number of hydrogen-bond donors (Lipinski definition) is 0. The van der Waals surface area contributed by atoms with E-state index in [2.05, 4.69) is 17.9 Å². The number of ketones is 1. The van der Waals surface area contributed by atoms with Gasteiger partial charge in [-0.1, -0.05) is 19.4 Å². The molecule has 0 spiro atoms. The van der Waals surface area contributed by atoms with E-state index in [1.54, 1.807) is 7.11 Å². The summed E-state index contributed by atoms with van der Waals surface area (Å²) in [6, 6.07) is 8.48. The van der Waals surface area contributed by atoms with Crippen LogP contribution in [0.15, 0.2) is 18.2 Å². The van der Waals surface area contributed by atoms with Crippen molar-refractivity contribution < 1.29 is 9.53 Å². The van der Waals surface area contributed by atoms with E-state index in [1.807, 2.05) is 18.2 Å². The third-order valence-electron chi connectivity index (χ3n) is 6.98. The highest BCUT2D eigenvalue weighted by molar-refractivity contribution is 6.04. The van der Waals surface area contributed by atoms with Crippen LogP contribution in [0.25, 0.3) is 0 Å². The lowest BCUT2D eigenvalue weighted by Gasteiger charge is -2.51. The molecule has 1 unspecified atom stereocenters. The second-order valence-electron chi connectivity index (χ2n) is 7.97. The van der Waals surface area contributed by atoms with Crippen molar-refractivity contribution in [1.29, 1.82) is 5.26 Å². The summed E-state index contributed by atoms with van der Waals surface area (Å²) in [6.45, 7) is 3.24. The number of Topliss-reactive ketones (excluding diaryl/α,β-unsaturated/α-hetero) is 1. The van der Waals surface area contributed by atoms with Crippen LogP contribution in [0, 0.1) is 28.1 Å². The predicted molar refractivity (Wildman–Crippen MR) is 84.1 cm³/mol. The van der Waals surface area contributed by atoms with E-state index in [0.29, 0.717) is 0 Å². The number of fused-ring (bicyclic) bond motifs is 3. The summed E-state index contributed by atoms with van der Waals surface area (Å²) in [7, 11) is 1.63. The molecule has 4 heteroatoms. The number of rotatable bonds is 1. The zero-order valence-corrected chi connectivity index (χ0v) is 13.5. The van der Waals surface area contributed by atoms with Crippen molar-refractivity contribution in [1.82, 2.24) is 4.90 Å². The Bertz CT molecular complexity index is 782. The van der Waals surface area contributed by atoms with Crippen molar-refractivity contribution in [3.05, 3.63) is 29.3 Å². The van der Waals surface area contributed by atoms with Gasteiger partial charge < -0.3 is 4.74 Å². The van der Waals surface area contributed by atoms with Gasteiger partial charge in [-0.05, 0) is 36.0 Å². The minimum atomic E-state index is -0.397. The highest BCUT2D eigenvalue weighted by Crippen LogP contribution is 2.72. The monoisotopic (exact) mass is 308 g/mol. The Morgan fingerprint density at radius 3 is 2.96 bits per heavy atom. The number of nitriles is 1. The number of benzene rings is 1. The number of carbonyl (C=O) groups excluding carboxylic acids is 1. The largest absolute Gasteiger partial charge is 0.497 e. The highest BCUT2D eigenvalue weighted by Gasteiger charge is 2.74. The molecule has 1 saturated carbocycles. The topological polar surface area (TPSA) is 53.3 Å². The van der Waals surface area contributed by atoms with E-state index >= 15 is 0 Å². The first kappa shape index (κ1) is 13.6. The van der Waals surface area contributed by atoms with Crippen molar-refractivity contribution in [2.45, 2.75) is 38.3 Å². The Balaban J connectivity index is 1.78. The summed E-state index contributed by atoms with van der Waals surface area (Å²) in [4.78, 5) is 15.6. The Kier molecular flexibility index (Phi) is 2.34. The maximum absolute atomic E-state index is 13.2. The van der Waals surface area contributed by atoms with Crippen molar-refractivity contribution in [2.75, 3.05) is 13.7 Å². The molecule has 3 fully saturated rings. The van der Waals surface area contributed by atoms with Crippen LogP contribution in [0.1, 0.15) is 48.1 Å². The number of ether oxygens (including phenoxy) is 1. The van der Waals surface area contributed by atoms with Gasteiger partial charge in [-0.15, -0.1) is 0 Å². The maximum Gasteiger partial charge on any atom is 0.180 e. The Morgan fingerprint density at radius 1 is 1.39 bits per heavy atom. The Hall–Kier alpha value is -1.86. The van der Waals surface area contributed by atoms with Crippen LogP contribution in [-0.2, 0) is 0 Å². The number of methoxy groups -OCH3 is 1. The number of nitrogens with zero attached hydrogens (tertiary/aromatic N) is 2. The normalized spacial score (nSPS) is 45.5. The van der Waals surface area contributed by atoms with Gasteiger partial charge in [-0.2, -0.15) is 5.26 Å². The average Bonchev–Trinajstić information content (AvgIpc) is 2.99. The molecule has 0 radical (unpaired) electrons. The zero-order chi connectivity index (χ0) is 16.0. The van der Waals surface area contributed by atoms with Crippen LogP contribution in [0.4, 0.5) is 0 Å². The first-order chi connectivity index (χ1) is 11.1. The fourth-order valence-corrected chi connectivity index (χ4v) is 6.34. The highest BCUT2D eigenvalue weighted by atomic mass is 16.5. The van der Waals surface area contributed by atoms with Crippen LogP contribution in [-0.4, -0.2) is 30.4 Å². The number of hydrogen-bond acceptors (Lipinski definition) is 4. The van der Waals surface area contributed by atoms with Crippen molar-refractivity contribution >= 4 is 5.78 Å². The molecule has 1 aromatic rings. The molecule has 3 heterocycles. The molecule has 0 N–H and O–H groups in total. The molecule has 0 aromatic heterocycles. The third-order valence-corrected chi connectivity index (χ3v) is 6.98. The molecular formula is C19H20N2O2. The van der Waals surface area contributed by atoms with Gasteiger partial charge >= 0.3 is 0 Å². The van der Waals surface area contributed by atoms with Crippen LogP contribution in [0.5, 0.6) is 5.75 Å². The van der Waals surface area contributed by atoms with Crippen LogP contribution in [0.2, 0.25) is 0 Å². The van der Waals surface area contributed by atoms with Crippen molar-refractivity contribution in [2.24, 2.45) is 16.7 Å². The van der Waals surface area contributed by atoms with E-state index in [9.17, 15) is 10.1 Å². The lowest BCUT2D eigenvalue weighted by Crippen LogP contribution is -2.50. The van der Waals surface area contributed by atoms with Gasteiger partial charge in [0, 0.05) is 18.0 Å². The van der Waals surface area contributed by atoms with Crippen LogP contribution >= 0.6 is 0 Å². The predicted octanol–water partition coefficient (Wildman–Crippen LogP) is 2.95. The summed E-state index contributed by atoms with van der Waals surface area (Å²) in [6.07, 6.45) is 3.14. The first-order valence-electron chi connectivity index (χ1n) is 8.45. The van der Waals surface area contributed by atoms with Gasteiger partial charge in [0.25, 0.3) is 0 Å². The van der Waals surface area contributed by atoms with Gasteiger partial charge in [0.15, 0.2) is 5.78 Å². The second-order valence-corrected chi connectivity index (χ2v) is 7.97. The Labute approximate surface area is 136 Å². The van der Waals surface area contributed by atoms with E-state index < -0.39 is 5.41 Å². The van der Waals surface area contributed by atoms with E-state index in [0.717, 1.165) is 42.7 Å². The lowest BCUT2D eigenvalue weighted by atomic mass is 9.53. The fraction of sp³-hybridized carbons (Fsp3) is 0.579. The van der Waals surface area contributed by atoms with Crippen LogP contribution in [0.3, 0.4) is 0 Å². The van der Waals surface area contributed by atoms with E-state index in [4.69, 9.17) is 4.74 Å². The molecule has 0 amide bonds. The van der Waals surface area contributed by atoms with E-state index in [1.165, 1.54) is 0 Å². The van der Waals surface area contributed by atoms with Crippen LogP contribution < -0.4 is 4.74 Å². The SMILES string of the molecule is COc1ccc2c(c1)C(=O)[C@H]1[C@@H]3[C@@]4(C)CCC[C@]3(C#N)[C@@H]2N1C4. The summed E-state index contributed by atoms with van der Waals surface area (Å²) in [5, 5.41) is 10.2. The van der Waals surface area contributed by atoms with Gasteiger partial charge in [0.05, 0.1) is 30.7 Å². The lowest BCUT2D eigenvalue weighted by molar-refractivity contribution is -0.00920. The molecular weight excluding hydrogens is 288 g/mol. The van der Waals surface area contributed by atoms with Gasteiger partial charge in [0.1, 0.15) is 5.75 Å². The quantitative estimate of drug-likeness (QED) is 0.800. The number of piperidine rings is 1. The van der Waals surface area contributed by atoms with Gasteiger partial charge in [0.2, 0.25) is 0 Å². The van der Waals surface area contributed by atoms with Gasteiger partial charge in [-0.3, -0.25) is 9.69 Å². The summed E-state index contributed by atoms with van der Waals surface area (Å²) in [5.74, 6) is 1.09. The zero-order valence-electron chi connectivity index (χ0n) is 13.5. The molecule has 23 heavy (non-hydrogen) atoms. The minimum absolute atomic E-state index is 0.0782. The van der Waals surface area contributed by atoms with Crippen molar-refractivity contribution in [3.8, 4) is 11.8 Å². The molecule has 2 saturated heterocycles. The smallest absolute Gasteiger partial charge is 0.180 e. The molecule has 5 rings (SSSR count). The first-order valence-corrected chi connectivity index (χ1v) is 8.45. The van der Waals surface area contributed by atoms with Gasteiger partial charge in [-0.25, -0.2) is 0 Å². The summed E-state index contributed by atoms with van der Waals surface area (Å²) in [5.41, 5.74) is 1.53. The molecule has 1 aromatic carbocycles. The molecule has 118 valence electrons. The fourth-order valence-electron chi connectivity index (χ4n) is 6.34. The minimum Gasteiger partial charge on any atom is -0.497 e. The molecule has 1 aliphatic carbocycles. The second kappa shape index (κ2) is 3.96. The molecule has 4 bridgehead atoms. The Morgan fingerprint density at radius 2 is 2.22 bits per heavy atom. The molecule has 4 nitrogen and oxygen atoms in total. The van der Waals surface area contributed by atoms with E-state index in [-0.39, 0.29) is 29.2 Å². The summed E-state index contributed by atoms with van der Waals surface area (Å²) < 4.78 is 5.32. The summed E-state index contributed by atoms with van der Waals surface area (Å²) >= 11 is 0. The maximum atomic E-state index is 13.2. The molecule has 3 aliphatic heterocycles. The standard InChI is InChI=1S/C19H20N2O2/c1-18-6-3-7-19(9-20)16(18)14-15(22)13-8-11(23-2)4-5-12(13)17(19)21(14)10-18/h4-5,8,14,16-17H,3,6-7,10H2,1-2H3/t14-,16+,17+,18-,19+/m0/s1. The third kappa shape index (κ3) is 1.31. The molecule has 4 aliphatic rings. The average molecular weight is 308 g/mol.